The van der Waals surface area contributed by atoms with Crippen molar-refractivity contribution in [2.24, 2.45) is 0 Å². The predicted octanol–water partition coefficient (Wildman–Crippen LogP) is 2.07. The minimum absolute atomic E-state index is 0. The summed E-state index contributed by atoms with van der Waals surface area (Å²) in [6, 6.07) is 14.7. The highest BCUT2D eigenvalue weighted by Gasteiger charge is 2.25. The van der Waals surface area contributed by atoms with Crippen LogP contribution in [-0.2, 0) is 6.54 Å². The summed E-state index contributed by atoms with van der Waals surface area (Å²) in [6.45, 7) is 2.77. The highest BCUT2D eigenvalue weighted by atomic mass is 35.5. The van der Waals surface area contributed by atoms with Crippen LogP contribution in [0.5, 0.6) is 17.2 Å². The summed E-state index contributed by atoms with van der Waals surface area (Å²) < 4.78 is 43.1. The maximum Gasteiger partial charge on any atom is 0.387 e. The second kappa shape index (κ2) is 10.0. The zero-order valence-electron chi connectivity index (χ0n) is 17.3. The third kappa shape index (κ3) is 4.78. The number of nitrogens with zero attached hydrogens (tertiary/aromatic N) is 1. The van der Waals surface area contributed by atoms with E-state index in [-0.39, 0.29) is 24.2 Å². The minimum Gasteiger partial charge on any atom is -1.00 e. The molecule has 0 spiro atoms. The lowest BCUT2D eigenvalue weighted by molar-refractivity contribution is -0.0498. The Balaban J connectivity index is 0.00000272. The molecule has 0 saturated carbocycles. The van der Waals surface area contributed by atoms with Crippen LogP contribution in [0.15, 0.2) is 54.7 Å². The van der Waals surface area contributed by atoms with E-state index in [1.807, 2.05) is 44.3 Å². The van der Waals surface area contributed by atoms with E-state index in [9.17, 15) is 8.78 Å². The number of hydrogen-bond donors (Lipinski definition) is 1. The lowest BCUT2D eigenvalue weighted by atomic mass is 10.0. The standard InChI is InChI=1S/C23H24F2N2O3.ClH/c1-3-28-20-12-16-14-26-22(15-7-9-17(10-8-15)30-23(24)25)18-6-5-11-27(18)19(16)13-21(20)29-4-2;/h5-13,22-23,26H,3-4,14H2,1-2H3;1H/p-1. The monoisotopic (exact) mass is 449 g/mol. The number of benzene rings is 2. The quantitative estimate of drug-likeness (QED) is 0.600. The van der Waals surface area contributed by atoms with Crippen molar-refractivity contribution in [3.8, 4) is 22.9 Å². The van der Waals surface area contributed by atoms with Gasteiger partial charge in [-0.05, 0) is 55.3 Å². The fraction of sp³-hybridized carbons (Fsp3) is 0.304. The van der Waals surface area contributed by atoms with Gasteiger partial charge in [0, 0.05) is 24.5 Å². The molecule has 1 atom stereocenters. The summed E-state index contributed by atoms with van der Waals surface area (Å²) in [4.78, 5) is 0. The van der Waals surface area contributed by atoms with E-state index in [1.54, 1.807) is 24.3 Å². The lowest BCUT2D eigenvalue weighted by Gasteiger charge is -2.18. The molecule has 2 aromatic carbocycles. The molecular weight excluding hydrogens is 426 g/mol. The summed E-state index contributed by atoms with van der Waals surface area (Å²) in [6.07, 6.45) is 2.01. The SMILES string of the molecule is CCOc1cc2c(cc1OCC)-n1cccc1C(c1ccc(OC(F)F)cc1)NC2.[Cl-]. The Morgan fingerprint density at radius 2 is 1.71 bits per heavy atom. The van der Waals surface area contributed by atoms with Gasteiger partial charge in [0.2, 0.25) is 0 Å². The number of rotatable bonds is 7. The van der Waals surface area contributed by atoms with Crippen LogP contribution in [0.1, 0.15) is 36.7 Å². The molecule has 1 unspecified atom stereocenters. The molecule has 166 valence electrons. The molecule has 1 aliphatic rings. The molecule has 4 rings (SSSR count). The number of aromatic nitrogens is 1. The lowest BCUT2D eigenvalue weighted by Crippen LogP contribution is -3.00. The molecule has 0 radical (unpaired) electrons. The number of nitrogens with one attached hydrogen (secondary N) is 1. The Morgan fingerprint density at radius 1 is 1.03 bits per heavy atom. The normalized spacial score (nSPS) is 14.8. The van der Waals surface area contributed by atoms with Crippen molar-refractivity contribution in [2.75, 3.05) is 13.2 Å². The Kier molecular flexibility index (Phi) is 7.41. The van der Waals surface area contributed by atoms with E-state index in [0.717, 1.165) is 28.3 Å². The first-order chi connectivity index (χ1) is 14.6. The van der Waals surface area contributed by atoms with Crippen LogP contribution in [-0.4, -0.2) is 24.4 Å². The molecule has 1 aromatic heterocycles. The average Bonchev–Trinajstić information content (AvgIpc) is 3.15. The summed E-state index contributed by atoms with van der Waals surface area (Å²) in [5.74, 6) is 1.58. The number of hydrogen-bond acceptors (Lipinski definition) is 4. The van der Waals surface area contributed by atoms with Gasteiger partial charge in [-0.25, -0.2) is 0 Å². The molecule has 0 amide bonds. The topological polar surface area (TPSA) is 44.7 Å². The first kappa shape index (κ1) is 22.9. The fourth-order valence-electron chi connectivity index (χ4n) is 3.79. The highest BCUT2D eigenvalue weighted by molar-refractivity contribution is 5.56. The summed E-state index contributed by atoms with van der Waals surface area (Å²) in [7, 11) is 0. The molecular formula is C23H24ClF2N2O3-. The zero-order valence-corrected chi connectivity index (χ0v) is 18.0. The van der Waals surface area contributed by atoms with Crippen LogP contribution in [0.25, 0.3) is 5.69 Å². The molecule has 1 N–H and O–H groups in total. The van der Waals surface area contributed by atoms with E-state index >= 15 is 0 Å². The number of halogens is 3. The van der Waals surface area contributed by atoms with Crippen molar-refractivity contribution in [3.05, 3.63) is 71.5 Å². The molecule has 2 heterocycles. The molecule has 1 aliphatic heterocycles. The summed E-state index contributed by atoms with van der Waals surface area (Å²) in [5.41, 5.74) is 4.11. The third-order valence-electron chi connectivity index (χ3n) is 5.02. The predicted molar refractivity (Wildman–Crippen MR) is 110 cm³/mol. The van der Waals surface area contributed by atoms with Gasteiger partial charge in [-0.1, -0.05) is 12.1 Å². The zero-order chi connectivity index (χ0) is 21.1. The van der Waals surface area contributed by atoms with Gasteiger partial charge in [0.15, 0.2) is 11.5 Å². The van der Waals surface area contributed by atoms with Crippen molar-refractivity contribution in [3.63, 3.8) is 0 Å². The highest BCUT2D eigenvalue weighted by Crippen LogP contribution is 2.37. The first-order valence-electron chi connectivity index (χ1n) is 9.99. The van der Waals surface area contributed by atoms with Gasteiger partial charge in [0.05, 0.1) is 24.9 Å². The number of fused-ring (bicyclic) bond motifs is 3. The van der Waals surface area contributed by atoms with Crippen LogP contribution >= 0.6 is 0 Å². The van der Waals surface area contributed by atoms with Crippen molar-refractivity contribution in [2.45, 2.75) is 33.0 Å². The molecule has 0 fully saturated rings. The maximum absolute atomic E-state index is 12.5. The second-order valence-electron chi connectivity index (χ2n) is 6.86. The molecule has 0 aliphatic carbocycles. The Bertz CT molecular complexity index is 1010. The van der Waals surface area contributed by atoms with E-state index in [0.29, 0.717) is 25.5 Å². The van der Waals surface area contributed by atoms with Crippen LogP contribution in [0, 0.1) is 0 Å². The second-order valence-corrected chi connectivity index (χ2v) is 6.86. The van der Waals surface area contributed by atoms with Crippen molar-refractivity contribution in [1.29, 1.82) is 0 Å². The van der Waals surface area contributed by atoms with Crippen LogP contribution < -0.4 is 31.9 Å². The van der Waals surface area contributed by atoms with E-state index < -0.39 is 6.61 Å². The molecule has 5 nitrogen and oxygen atoms in total. The average molecular weight is 450 g/mol. The van der Waals surface area contributed by atoms with Gasteiger partial charge in [0.25, 0.3) is 0 Å². The number of ether oxygens (including phenoxy) is 3. The van der Waals surface area contributed by atoms with Crippen LogP contribution in [0.4, 0.5) is 8.78 Å². The van der Waals surface area contributed by atoms with Gasteiger partial charge in [-0.3, -0.25) is 0 Å². The van der Waals surface area contributed by atoms with Crippen LogP contribution in [0.2, 0.25) is 0 Å². The molecule has 3 aromatic rings. The number of alkyl halides is 2. The van der Waals surface area contributed by atoms with Crippen molar-refractivity contribution >= 4 is 0 Å². The molecule has 31 heavy (non-hydrogen) atoms. The summed E-state index contributed by atoms with van der Waals surface area (Å²) >= 11 is 0. The fourth-order valence-corrected chi connectivity index (χ4v) is 3.79. The largest absolute Gasteiger partial charge is 1.00 e. The molecule has 0 saturated heterocycles. The van der Waals surface area contributed by atoms with Gasteiger partial charge in [-0.15, -0.1) is 0 Å². The molecule has 8 heteroatoms. The van der Waals surface area contributed by atoms with Gasteiger partial charge in [0.1, 0.15) is 5.75 Å². The third-order valence-corrected chi connectivity index (χ3v) is 5.02. The van der Waals surface area contributed by atoms with Crippen LogP contribution in [0.3, 0.4) is 0 Å². The summed E-state index contributed by atoms with van der Waals surface area (Å²) in [5, 5.41) is 3.57. The van der Waals surface area contributed by atoms with Gasteiger partial charge < -0.3 is 36.5 Å². The molecule has 0 bridgehead atoms. The van der Waals surface area contributed by atoms with E-state index in [2.05, 4.69) is 14.6 Å². The van der Waals surface area contributed by atoms with Crippen molar-refractivity contribution in [1.82, 2.24) is 9.88 Å². The van der Waals surface area contributed by atoms with Gasteiger partial charge >= 0.3 is 6.61 Å². The Hall–Kier alpha value is -2.77. The van der Waals surface area contributed by atoms with E-state index in [4.69, 9.17) is 9.47 Å². The Morgan fingerprint density at radius 3 is 2.35 bits per heavy atom. The first-order valence-corrected chi connectivity index (χ1v) is 9.99. The van der Waals surface area contributed by atoms with Crippen molar-refractivity contribution < 1.29 is 35.4 Å². The minimum atomic E-state index is -2.84. The smallest absolute Gasteiger partial charge is 0.387 e. The maximum atomic E-state index is 12.5. The van der Waals surface area contributed by atoms with Gasteiger partial charge in [-0.2, -0.15) is 8.78 Å². The van der Waals surface area contributed by atoms with E-state index in [1.165, 1.54) is 0 Å². The Labute approximate surface area is 186 Å².